The number of carboxylic acid groups (broad SMARTS) is 1. The summed E-state index contributed by atoms with van der Waals surface area (Å²) in [6.45, 7) is 16.1. The van der Waals surface area contributed by atoms with Gasteiger partial charge in [-0.1, -0.05) is 164 Å². The number of aryl methyl sites for hydroxylation is 2. The average molecular weight is 1970 g/mol. The van der Waals surface area contributed by atoms with Gasteiger partial charge in [-0.05, 0) is 188 Å². The number of nitrogens with zero attached hydrogens (tertiary/aromatic N) is 4. The second kappa shape index (κ2) is 91.8. The van der Waals surface area contributed by atoms with E-state index in [0.717, 1.165) is 125 Å². The van der Waals surface area contributed by atoms with E-state index >= 15 is 0 Å². The molecule has 30 nitrogen and oxygen atoms in total. The molecule has 2 amide bonds. The number of hydrogen-bond donors (Lipinski definition) is 7. The minimum atomic E-state index is -1.67. The van der Waals surface area contributed by atoms with Crippen LogP contribution in [0.5, 0.6) is 0 Å². The van der Waals surface area contributed by atoms with Crippen LogP contribution in [-0.2, 0) is 175 Å². The quantitative estimate of drug-likeness (QED) is 0.00215. The number of unbranched alkanes of at least 4 members (excludes halogenated alkanes) is 7. The summed E-state index contributed by atoms with van der Waals surface area (Å²) in [6, 6.07) is 40.0. The Kier molecular flexibility index (Phi) is 91.7. The summed E-state index contributed by atoms with van der Waals surface area (Å²) < 4.78 is 45.2. The lowest BCUT2D eigenvalue weighted by Gasteiger charge is -2.08. The van der Waals surface area contributed by atoms with E-state index in [1.165, 1.54) is 69.5 Å². The number of ketones is 4. The summed E-state index contributed by atoms with van der Waals surface area (Å²) in [6.07, 6.45) is 17.7. The van der Waals surface area contributed by atoms with Crippen LogP contribution >= 0.6 is 69.7 Å². The van der Waals surface area contributed by atoms with Crippen LogP contribution in [0.15, 0.2) is 121 Å². The number of amides is 2. The van der Waals surface area contributed by atoms with Gasteiger partial charge in [-0.2, -0.15) is 0 Å². The molecule has 688 valence electrons. The molecule has 0 spiro atoms. The number of halogens is 3. The zero-order chi connectivity index (χ0) is 92.6. The standard InChI is InChI=1S/C16H21NO4.C13H18O2.C12H18N2O2.C12H16O3.C10H16N2O2S.C9H14N2O3S.C5H8O2.C3H3ClO2.Cl2OS.H4N2.P2S5/c1-13(18)15(19)11-17-16(20)9-5-6-10-21-12-14-7-3-2-4-8-14;1-12(14)7-5-6-10-15-11-13-8-3-2-4-9-13;13-14-12(15)8-4-5-9-16-10-11-6-2-1-3-7-11;13-12(14)8-4-5-9-15-10-11-6-2-1-3-7-11;1-3-5-6-7-8-11-12-9(15-8)10(13)14-4-2;1-2-14-9(13)8-11-10-7(15-8)5-3-4-6-12;6-5-3-1-2-4-7-5;1-2(5)3(4)6;1-4(2)3;1-2;3-1-2-5-7-6-4/h2-4,7-8H,5-6,9-12H2,1H3,(H,17,20);2-4,8-9H,5-7,10-11H2,1H3;1-3,6-7H,4-5,8-10,13H2,(H,14,15);1-3,6-7H,4-5,8-10H2,(H,13,14);3-7H2,1-2H3;12H,2-6H2,1H3;1-4H2;1H3;;1-2H2;. The molecule has 1 saturated heterocycles. The minimum Gasteiger partial charge on any atom is -0.481 e. The van der Waals surface area contributed by atoms with E-state index in [-0.39, 0.29) is 49.1 Å². The number of aliphatic hydroxyl groups is 1. The highest BCUT2D eigenvalue weighted by Crippen LogP contribution is 2.17. The second-order valence-electron chi connectivity index (χ2n) is 24.5. The first-order valence-corrected chi connectivity index (χ1v) is 52.2. The largest absolute Gasteiger partial charge is 0.481 e. The van der Waals surface area contributed by atoms with Crippen LogP contribution in [0.3, 0.4) is 0 Å². The number of carbonyl (C=O) groups excluding carboxylic acids is 10. The second-order valence-corrected chi connectivity index (χ2v) is 39.3. The maximum Gasteiger partial charge on any atom is 0.369 e. The first-order chi connectivity index (χ1) is 59.2. The Bertz CT molecular complexity index is 3820. The van der Waals surface area contributed by atoms with Gasteiger partial charge in [-0.15, -0.1) is 20.4 Å². The van der Waals surface area contributed by atoms with Gasteiger partial charge >= 0.3 is 23.9 Å². The number of cyclic esters (lactones) is 1. The number of nitrogens with two attached hydrogens (primary N) is 3. The van der Waals surface area contributed by atoms with Crippen LogP contribution in [-0.4, -0.2) is 158 Å². The van der Waals surface area contributed by atoms with E-state index in [0.29, 0.717) is 115 Å². The number of aliphatic hydroxyl groups excluding tert-OH is 1. The molecule has 0 unspecified atom stereocenters. The Morgan fingerprint density at radius 1 is 0.569 bits per heavy atom. The number of benzene rings is 4. The molecule has 1 aliphatic heterocycles. The van der Waals surface area contributed by atoms with Crippen molar-refractivity contribution in [3.8, 4) is 0 Å². The molecule has 4 aromatic carbocycles. The van der Waals surface area contributed by atoms with Gasteiger partial charge in [0.2, 0.25) is 42.6 Å². The lowest BCUT2D eigenvalue weighted by Crippen LogP contribution is -2.32. The Morgan fingerprint density at radius 2 is 0.951 bits per heavy atom. The third-order valence-corrected chi connectivity index (χ3v) is 26.6. The molecule has 43 heteroatoms. The molecular formula is C80H118Cl3N9O21P2S8. The average Bonchev–Trinajstić information content (AvgIpc) is 1.76. The highest BCUT2D eigenvalue weighted by atomic mass is 36.0. The van der Waals surface area contributed by atoms with Gasteiger partial charge in [0.1, 0.15) is 15.8 Å². The normalized spacial score (nSPS) is 10.4. The van der Waals surface area contributed by atoms with Crippen molar-refractivity contribution in [2.75, 3.05) is 59.4 Å². The predicted octanol–water partition coefficient (Wildman–Crippen LogP) is 14.5. The van der Waals surface area contributed by atoms with Gasteiger partial charge < -0.3 is 53.5 Å². The molecule has 1 fully saturated rings. The molecule has 7 rings (SSSR count). The molecule has 0 bridgehead atoms. The summed E-state index contributed by atoms with van der Waals surface area (Å²) in [5.74, 6) is 9.61. The number of aromatic nitrogens is 4. The first kappa shape index (κ1) is 123. The molecule has 6 aromatic rings. The van der Waals surface area contributed by atoms with Gasteiger partial charge in [0.15, 0.2) is 5.78 Å². The van der Waals surface area contributed by atoms with Crippen LogP contribution in [0, 0.1) is 0 Å². The van der Waals surface area contributed by atoms with Crippen molar-refractivity contribution >= 4 is 193 Å². The Balaban J connectivity index is -0.000000654. The number of nitrogens with one attached hydrogen (secondary N) is 2. The zero-order valence-corrected chi connectivity index (χ0v) is 80.9. The van der Waals surface area contributed by atoms with Crippen molar-refractivity contribution in [1.29, 1.82) is 0 Å². The molecule has 123 heavy (non-hydrogen) atoms. The van der Waals surface area contributed by atoms with Crippen LogP contribution in [0.4, 0.5) is 0 Å². The summed E-state index contributed by atoms with van der Waals surface area (Å²) in [7, 11) is 14.2. The number of carboxylic acids is 1. The maximum atomic E-state index is 11.4. The molecular weight excluding hydrogens is 1850 g/mol. The van der Waals surface area contributed by atoms with E-state index in [1.54, 1.807) is 39.2 Å². The van der Waals surface area contributed by atoms with Crippen molar-refractivity contribution in [2.45, 2.75) is 209 Å². The Hall–Kier alpha value is -6.43. The van der Waals surface area contributed by atoms with E-state index in [4.69, 9.17) is 48.7 Å². The smallest absolute Gasteiger partial charge is 0.369 e. The lowest BCUT2D eigenvalue weighted by molar-refractivity contribution is -0.146. The Labute approximate surface area is 768 Å². The van der Waals surface area contributed by atoms with Gasteiger partial charge in [0.05, 0.1) is 52.8 Å². The van der Waals surface area contributed by atoms with E-state index in [1.807, 2.05) is 109 Å². The number of esters is 3. The van der Waals surface area contributed by atoms with Crippen molar-refractivity contribution in [3.05, 3.63) is 164 Å². The van der Waals surface area contributed by atoms with Gasteiger partial charge in [-0.25, -0.2) is 19.6 Å². The number of carbonyl (C=O) groups is 11. The first-order valence-electron chi connectivity index (χ1n) is 38.9. The van der Waals surface area contributed by atoms with Crippen molar-refractivity contribution in [1.82, 2.24) is 31.1 Å². The van der Waals surface area contributed by atoms with Crippen LogP contribution in [0.25, 0.3) is 0 Å². The topological polar surface area (TPSA) is 464 Å². The van der Waals surface area contributed by atoms with E-state index in [2.05, 4.69) is 123 Å². The number of rotatable bonds is 45. The highest BCUT2D eigenvalue weighted by molar-refractivity contribution is 8.63. The fourth-order valence-electron chi connectivity index (χ4n) is 8.40. The van der Waals surface area contributed by atoms with Crippen molar-refractivity contribution in [2.24, 2.45) is 17.5 Å². The molecule has 0 aliphatic carbocycles. The number of aliphatic carboxylic acids is 1. The maximum absolute atomic E-state index is 11.4. The SMILES string of the molecule is CC(=O)C(=O)CNC(=O)CCCCOCc1ccccc1.CC(=O)C(=O)Cl.CC(=O)CCCCOCc1ccccc1.CCCCCc1nnc(C(=O)OCC)s1.CCOC(=O)c1nnc(CCCCO)s1.NN.NNC(=O)CCCCOCc1ccccc1.O=C(O)CCCCOCc1ccccc1.O=C1CCCCO1.O=S(Cl)Cl.S=PP=S=S=S=S. The summed E-state index contributed by atoms with van der Waals surface area (Å²) in [5, 5.41) is 36.3. The lowest BCUT2D eigenvalue weighted by atomic mass is 10.2. The zero-order valence-electron chi connectivity index (χ0n) is 70.3. The third-order valence-electron chi connectivity index (χ3n) is 14.4. The summed E-state index contributed by atoms with van der Waals surface area (Å²) >= 11 is 16.4. The molecule has 0 saturated carbocycles. The van der Waals surface area contributed by atoms with Crippen LogP contribution in [0.1, 0.15) is 222 Å². The molecule has 2 aromatic heterocycles. The van der Waals surface area contributed by atoms with E-state index < -0.39 is 43.8 Å². The molecule has 0 atom stereocenters. The number of Topliss-reactive ketones (excluding diaryl/α,β-unsaturated/α-hetero) is 4. The highest BCUT2D eigenvalue weighted by Gasteiger charge is 2.16. The summed E-state index contributed by atoms with van der Waals surface area (Å²) in [4.78, 5) is 117. The van der Waals surface area contributed by atoms with Gasteiger partial charge in [0.25, 0.3) is 5.24 Å². The van der Waals surface area contributed by atoms with Crippen LogP contribution < -0.4 is 28.3 Å². The minimum absolute atomic E-state index is 0.0359. The fourth-order valence-corrected chi connectivity index (χ4v) is 19.5. The predicted molar refractivity (Wildman–Crippen MR) is 499 cm³/mol. The van der Waals surface area contributed by atoms with Crippen molar-refractivity contribution in [3.63, 3.8) is 0 Å². The molecule has 10 N–H and O–H groups in total. The molecule has 3 heterocycles. The third kappa shape index (κ3) is 87.4. The van der Waals surface area contributed by atoms with Crippen LogP contribution in [0.2, 0.25) is 0 Å². The van der Waals surface area contributed by atoms with Gasteiger partial charge in [0, 0.05) is 127 Å². The monoisotopic (exact) mass is 1960 g/mol. The molecule has 0 radical (unpaired) electrons. The number of hydrogen-bond acceptors (Lipinski definition) is 31. The number of ether oxygens (including phenoxy) is 7. The van der Waals surface area contributed by atoms with E-state index in [9.17, 15) is 52.7 Å². The fraction of sp³-hybridized carbons (Fsp3) is 0.512. The number of hydrazine groups is 2. The Morgan fingerprint density at radius 3 is 1.25 bits per heavy atom. The van der Waals surface area contributed by atoms with Gasteiger partial charge in [-0.3, -0.25) is 55.5 Å². The summed E-state index contributed by atoms with van der Waals surface area (Å²) in [5.41, 5.74) is 6.74. The molecule has 1 aliphatic rings. The van der Waals surface area contributed by atoms with Crippen molar-refractivity contribution < 1.29 is 100 Å².